The highest BCUT2D eigenvalue weighted by Gasteiger charge is 2.24. The lowest BCUT2D eigenvalue weighted by molar-refractivity contribution is 0.319. The van der Waals surface area contributed by atoms with Gasteiger partial charge in [-0.15, -0.1) is 0 Å². The second-order valence-electron chi connectivity index (χ2n) is 3.09. The summed E-state index contributed by atoms with van der Waals surface area (Å²) in [6.07, 6.45) is 1.50. The Morgan fingerprint density at radius 1 is 1.67 bits per heavy atom. The first kappa shape index (κ1) is 8.68. The number of aryl methyl sites for hydroxylation is 1. The quantitative estimate of drug-likeness (QED) is 0.494. The van der Waals surface area contributed by atoms with E-state index in [1.54, 1.807) is 19.9 Å². The number of isocyanates is 1. The molecule has 0 aliphatic carbocycles. The molecule has 4 heteroatoms. The van der Waals surface area contributed by atoms with Crippen LogP contribution in [0.5, 0.6) is 0 Å². The van der Waals surface area contributed by atoms with E-state index in [4.69, 9.17) is 4.52 Å². The molecule has 1 aromatic rings. The summed E-state index contributed by atoms with van der Waals surface area (Å²) < 4.78 is 4.96. The van der Waals surface area contributed by atoms with Crippen LogP contribution in [0.15, 0.2) is 15.6 Å². The fourth-order valence-electron chi connectivity index (χ4n) is 0.821. The monoisotopic (exact) mass is 166 g/mol. The minimum atomic E-state index is -0.664. The molecule has 0 bridgehead atoms. The maximum Gasteiger partial charge on any atom is 0.235 e. The molecule has 0 saturated heterocycles. The van der Waals surface area contributed by atoms with E-state index in [-0.39, 0.29) is 0 Å². The standard InChI is InChI=1S/C8H10N2O2/c1-6-4-7(12-10-6)8(2,3)9-5-11/h4H,1-3H3. The summed E-state index contributed by atoms with van der Waals surface area (Å²) in [6.45, 7) is 5.34. The van der Waals surface area contributed by atoms with E-state index in [1.165, 1.54) is 6.08 Å². The van der Waals surface area contributed by atoms with Gasteiger partial charge in [-0.3, -0.25) is 0 Å². The first-order chi connectivity index (χ1) is 5.56. The lowest BCUT2D eigenvalue weighted by atomic mass is 10.0. The van der Waals surface area contributed by atoms with E-state index in [2.05, 4.69) is 10.1 Å². The largest absolute Gasteiger partial charge is 0.359 e. The van der Waals surface area contributed by atoms with Crippen molar-refractivity contribution in [2.75, 3.05) is 0 Å². The minimum absolute atomic E-state index is 0.573. The summed E-state index contributed by atoms with van der Waals surface area (Å²) in [4.78, 5) is 13.6. The fraction of sp³-hybridized carbons (Fsp3) is 0.500. The van der Waals surface area contributed by atoms with Crippen LogP contribution in [0.25, 0.3) is 0 Å². The van der Waals surface area contributed by atoms with Gasteiger partial charge in [-0.2, -0.15) is 4.99 Å². The van der Waals surface area contributed by atoms with Crippen LogP contribution in [-0.4, -0.2) is 11.2 Å². The molecule has 1 heterocycles. The van der Waals surface area contributed by atoms with E-state index in [1.807, 2.05) is 6.92 Å². The van der Waals surface area contributed by atoms with Gasteiger partial charge in [-0.25, -0.2) is 4.79 Å². The van der Waals surface area contributed by atoms with Crippen LogP contribution in [-0.2, 0) is 10.3 Å². The Morgan fingerprint density at radius 2 is 2.33 bits per heavy atom. The second-order valence-corrected chi connectivity index (χ2v) is 3.09. The second kappa shape index (κ2) is 2.91. The lowest BCUT2D eigenvalue weighted by Gasteiger charge is -2.11. The third-order valence-electron chi connectivity index (χ3n) is 1.56. The predicted octanol–water partition coefficient (Wildman–Crippen LogP) is 1.55. The summed E-state index contributed by atoms with van der Waals surface area (Å²) in [5, 5.41) is 3.70. The molecule has 1 aromatic heterocycles. The van der Waals surface area contributed by atoms with Gasteiger partial charge in [0.2, 0.25) is 6.08 Å². The van der Waals surface area contributed by atoms with Crippen molar-refractivity contribution in [2.45, 2.75) is 26.3 Å². The van der Waals surface area contributed by atoms with Crippen molar-refractivity contribution in [1.29, 1.82) is 0 Å². The van der Waals surface area contributed by atoms with Gasteiger partial charge in [0, 0.05) is 6.07 Å². The van der Waals surface area contributed by atoms with E-state index in [9.17, 15) is 4.79 Å². The molecule has 1 rings (SSSR count). The molecule has 0 amide bonds. The molecule has 0 spiro atoms. The molecule has 0 saturated carbocycles. The summed E-state index contributed by atoms with van der Waals surface area (Å²) >= 11 is 0. The highest BCUT2D eigenvalue weighted by atomic mass is 16.5. The van der Waals surface area contributed by atoms with Gasteiger partial charge < -0.3 is 4.52 Å². The maximum absolute atomic E-state index is 10.0. The van der Waals surface area contributed by atoms with Crippen molar-refractivity contribution in [3.8, 4) is 0 Å². The number of carbonyl (C=O) groups excluding carboxylic acids is 1. The van der Waals surface area contributed by atoms with Gasteiger partial charge in [-0.05, 0) is 20.8 Å². The smallest absolute Gasteiger partial charge is 0.235 e. The number of aromatic nitrogens is 1. The number of aliphatic imine (C=N–C) groups is 1. The highest BCUT2D eigenvalue weighted by Crippen LogP contribution is 2.24. The van der Waals surface area contributed by atoms with Crippen LogP contribution in [0.4, 0.5) is 0 Å². The molecular formula is C8H10N2O2. The van der Waals surface area contributed by atoms with E-state index < -0.39 is 5.54 Å². The van der Waals surface area contributed by atoms with E-state index in [0.717, 1.165) is 5.69 Å². The Kier molecular flexibility index (Phi) is 2.11. The molecule has 0 aliphatic rings. The number of hydrogen-bond donors (Lipinski definition) is 0. The molecular weight excluding hydrogens is 156 g/mol. The van der Waals surface area contributed by atoms with Crippen LogP contribution in [0, 0.1) is 6.92 Å². The van der Waals surface area contributed by atoms with Gasteiger partial charge in [-0.1, -0.05) is 5.16 Å². The topological polar surface area (TPSA) is 55.5 Å². The predicted molar refractivity (Wildman–Crippen MR) is 42.4 cm³/mol. The average molecular weight is 166 g/mol. The molecule has 4 nitrogen and oxygen atoms in total. The number of nitrogens with zero attached hydrogens (tertiary/aromatic N) is 2. The summed E-state index contributed by atoms with van der Waals surface area (Å²) in [5.41, 5.74) is 0.113. The Balaban J connectivity index is 3.04. The van der Waals surface area contributed by atoms with Gasteiger partial charge in [0.1, 0.15) is 5.54 Å². The first-order valence-electron chi connectivity index (χ1n) is 3.59. The fourth-order valence-corrected chi connectivity index (χ4v) is 0.821. The van der Waals surface area contributed by atoms with Crippen molar-refractivity contribution in [3.05, 3.63) is 17.5 Å². The lowest BCUT2D eigenvalue weighted by Crippen LogP contribution is -2.11. The third-order valence-corrected chi connectivity index (χ3v) is 1.56. The summed E-state index contributed by atoms with van der Waals surface area (Å²) in [5.74, 6) is 0.573. The van der Waals surface area contributed by atoms with Crippen LogP contribution in [0.1, 0.15) is 25.3 Å². The third kappa shape index (κ3) is 1.60. The summed E-state index contributed by atoms with van der Waals surface area (Å²) in [7, 11) is 0. The Morgan fingerprint density at radius 3 is 2.75 bits per heavy atom. The number of rotatable bonds is 2. The maximum atomic E-state index is 10.0. The molecule has 0 atom stereocenters. The van der Waals surface area contributed by atoms with Crippen LogP contribution >= 0.6 is 0 Å². The Hall–Kier alpha value is -1.41. The zero-order valence-corrected chi connectivity index (χ0v) is 7.29. The Bertz CT molecular complexity index is 322. The normalized spacial score (nSPS) is 10.9. The van der Waals surface area contributed by atoms with E-state index in [0.29, 0.717) is 5.76 Å². The summed E-state index contributed by atoms with van der Waals surface area (Å²) in [6, 6.07) is 1.75. The van der Waals surface area contributed by atoms with E-state index >= 15 is 0 Å². The molecule has 0 fully saturated rings. The molecule has 64 valence electrons. The van der Waals surface area contributed by atoms with Crippen LogP contribution < -0.4 is 0 Å². The minimum Gasteiger partial charge on any atom is -0.359 e. The Labute approximate surface area is 70.3 Å². The molecule has 0 N–H and O–H groups in total. The molecule has 12 heavy (non-hydrogen) atoms. The molecule has 0 aromatic carbocycles. The first-order valence-corrected chi connectivity index (χ1v) is 3.59. The van der Waals surface area contributed by atoms with Crippen LogP contribution in [0.2, 0.25) is 0 Å². The average Bonchev–Trinajstić information content (AvgIpc) is 2.36. The van der Waals surface area contributed by atoms with Gasteiger partial charge in [0.05, 0.1) is 5.69 Å². The van der Waals surface area contributed by atoms with Crippen molar-refractivity contribution in [3.63, 3.8) is 0 Å². The van der Waals surface area contributed by atoms with Gasteiger partial charge >= 0.3 is 0 Å². The zero-order chi connectivity index (χ0) is 9.19. The highest BCUT2D eigenvalue weighted by molar-refractivity contribution is 5.35. The zero-order valence-electron chi connectivity index (χ0n) is 7.29. The van der Waals surface area contributed by atoms with Gasteiger partial charge in [0.15, 0.2) is 5.76 Å². The van der Waals surface area contributed by atoms with Crippen molar-refractivity contribution < 1.29 is 9.32 Å². The van der Waals surface area contributed by atoms with Crippen molar-refractivity contribution in [2.24, 2.45) is 4.99 Å². The molecule has 0 radical (unpaired) electrons. The van der Waals surface area contributed by atoms with Crippen LogP contribution in [0.3, 0.4) is 0 Å². The molecule has 0 unspecified atom stereocenters. The number of hydrogen-bond acceptors (Lipinski definition) is 4. The van der Waals surface area contributed by atoms with Crippen molar-refractivity contribution in [1.82, 2.24) is 5.16 Å². The SMILES string of the molecule is Cc1cc(C(C)(C)N=C=O)on1. The molecule has 0 aliphatic heterocycles. The van der Waals surface area contributed by atoms with Crippen molar-refractivity contribution >= 4 is 6.08 Å². The van der Waals surface area contributed by atoms with Gasteiger partial charge in [0.25, 0.3) is 0 Å².